The number of fused-ring (bicyclic) bond motifs is 1. The fourth-order valence-electron chi connectivity index (χ4n) is 3.17. The van der Waals surface area contributed by atoms with E-state index in [1.54, 1.807) is 18.1 Å². The van der Waals surface area contributed by atoms with Crippen LogP contribution in [0.25, 0.3) is 10.2 Å². The molecule has 1 atom stereocenters. The van der Waals surface area contributed by atoms with Crippen LogP contribution in [0.3, 0.4) is 0 Å². The zero-order valence-electron chi connectivity index (χ0n) is 14.9. The maximum atomic E-state index is 12.9. The monoisotopic (exact) mass is 363 g/mol. The van der Waals surface area contributed by atoms with E-state index in [2.05, 4.69) is 23.7 Å². The predicted octanol–water partition coefficient (Wildman–Crippen LogP) is 2.14. The van der Waals surface area contributed by atoms with E-state index >= 15 is 0 Å². The Hall–Kier alpha value is -1.54. The number of aliphatic hydroxyl groups is 1. The van der Waals surface area contributed by atoms with Crippen molar-refractivity contribution < 1.29 is 14.6 Å². The summed E-state index contributed by atoms with van der Waals surface area (Å²) in [4.78, 5) is 22.8. The average Bonchev–Trinajstić information content (AvgIpc) is 3.00. The Morgan fingerprint density at radius 2 is 2.36 bits per heavy atom. The van der Waals surface area contributed by atoms with Crippen molar-refractivity contribution >= 4 is 27.5 Å². The van der Waals surface area contributed by atoms with Gasteiger partial charge in [0.05, 0.1) is 19.3 Å². The molecule has 1 aliphatic heterocycles. The van der Waals surface area contributed by atoms with E-state index in [0.29, 0.717) is 24.1 Å². The SMILES string of the molecule is CC(C)N1CCO[C@H](c2c(C(=O)N(C)CCO)sc3ncccc23)C1. The number of ether oxygens (including phenoxy) is 1. The Bertz CT molecular complexity index is 746. The second-order valence-electron chi connectivity index (χ2n) is 6.60. The number of nitrogens with zero attached hydrogens (tertiary/aromatic N) is 3. The Balaban J connectivity index is 2.03. The molecule has 0 aliphatic carbocycles. The van der Waals surface area contributed by atoms with Gasteiger partial charge in [-0.3, -0.25) is 9.69 Å². The molecule has 25 heavy (non-hydrogen) atoms. The van der Waals surface area contributed by atoms with E-state index in [0.717, 1.165) is 28.9 Å². The van der Waals surface area contributed by atoms with Gasteiger partial charge in [0.15, 0.2) is 0 Å². The minimum atomic E-state index is -0.143. The molecule has 0 spiro atoms. The minimum Gasteiger partial charge on any atom is -0.395 e. The molecule has 3 rings (SSSR count). The van der Waals surface area contributed by atoms with Gasteiger partial charge in [0.25, 0.3) is 5.91 Å². The average molecular weight is 363 g/mol. The van der Waals surface area contributed by atoms with Gasteiger partial charge < -0.3 is 14.7 Å². The molecule has 0 radical (unpaired) electrons. The molecule has 2 aromatic heterocycles. The molecule has 6 nitrogen and oxygen atoms in total. The van der Waals surface area contributed by atoms with Crippen LogP contribution in [0, 0.1) is 0 Å². The fraction of sp³-hybridized carbons (Fsp3) is 0.556. The first-order valence-electron chi connectivity index (χ1n) is 8.62. The van der Waals surface area contributed by atoms with Gasteiger partial charge in [-0.15, -0.1) is 11.3 Å². The number of thiophene rings is 1. The van der Waals surface area contributed by atoms with E-state index < -0.39 is 0 Å². The highest BCUT2D eigenvalue weighted by Crippen LogP contribution is 2.38. The predicted molar refractivity (Wildman–Crippen MR) is 99.1 cm³/mol. The third-order valence-electron chi connectivity index (χ3n) is 4.63. The van der Waals surface area contributed by atoms with Crippen molar-refractivity contribution in [1.82, 2.24) is 14.8 Å². The lowest BCUT2D eigenvalue weighted by Crippen LogP contribution is -2.42. The van der Waals surface area contributed by atoms with Crippen LogP contribution in [0.5, 0.6) is 0 Å². The summed E-state index contributed by atoms with van der Waals surface area (Å²) in [5.74, 6) is -0.0858. The number of pyridine rings is 1. The largest absolute Gasteiger partial charge is 0.395 e. The summed E-state index contributed by atoms with van der Waals surface area (Å²) in [6.07, 6.45) is 1.60. The number of carbonyl (C=O) groups is 1. The van der Waals surface area contributed by atoms with Crippen LogP contribution in [0.15, 0.2) is 18.3 Å². The molecule has 0 unspecified atom stereocenters. The number of hydrogen-bond acceptors (Lipinski definition) is 6. The molecule has 0 aromatic carbocycles. The number of morpholine rings is 1. The van der Waals surface area contributed by atoms with Crippen molar-refractivity contribution in [3.63, 3.8) is 0 Å². The molecule has 3 heterocycles. The van der Waals surface area contributed by atoms with Crippen molar-refractivity contribution in [2.24, 2.45) is 0 Å². The van der Waals surface area contributed by atoms with Gasteiger partial charge in [-0.05, 0) is 19.9 Å². The molecule has 1 N–H and O–H groups in total. The van der Waals surface area contributed by atoms with Gasteiger partial charge in [0.1, 0.15) is 9.71 Å². The van der Waals surface area contributed by atoms with Crippen LogP contribution < -0.4 is 0 Å². The van der Waals surface area contributed by atoms with E-state index in [1.165, 1.54) is 11.3 Å². The van der Waals surface area contributed by atoms with E-state index in [1.807, 2.05) is 12.1 Å². The van der Waals surface area contributed by atoms with Crippen LogP contribution in [0.2, 0.25) is 0 Å². The van der Waals surface area contributed by atoms with Gasteiger partial charge in [0, 0.05) is 49.9 Å². The molecule has 0 saturated carbocycles. The zero-order valence-corrected chi connectivity index (χ0v) is 15.8. The van der Waals surface area contributed by atoms with Crippen LogP contribution in [0.4, 0.5) is 0 Å². The minimum absolute atomic E-state index is 0.0538. The number of hydrogen-bond donors (Lipinski definition) is 1. The Kier molecular flexibility index (Phi) is 5.68. The van der Waals surface area contributed by atoms with Crippen molar-refractivity contribution in [3.8, 4) is 0 Å². The van der Waals surface area contributed by atoms with Crippen molar-refractivity contribution in [2.45, 2.75) is 26.0 Å². The molecule has 1 amide bonds. The van der Waals surface area contributed by atoms with Gasteiger partial charge in [-0.2, -0.15) is 0 Å². The summed E-state index contributed by atoms with van der Waals surface area (Å²) in [7, 11) is 1.71. The Labute approximate surface area is 152 Å². The van der Waals surface area contributed by atoms with Crippen LogP contribution in [-0.4, -0.2) is 71.7 Å². The smallest absolute Gasteiger partial charge is 0.264 e. The summed E-state index contributed by atoms with van der Waals surface area (Å²) in [6.45, 7) is 6.93. The van der Waals surface area contributed by atoms with Crippen LogP contribution in [-0.2, 0) is 4.74 Å². The molecule has 7 heteroatoms. The maximum Gasteiger partial charge on any atom is 0.264 e. The Morgan fingerprint density at radius 1 is 1.56 bits per heavy atom. The summed E-state index contributed by atoms with van der Waals surface area (Å²) in [5, 5.41) is 10.1. The summed E-state index contributed by atoms with van der Waals surface area (Å²) in [5.41, 5.74) is 0.938. The van der Waals surface area contributed by atoms with Crippen molar-refractivity contribution in [2.75, 3.05) is 39.9 Å². The van der Waals surface area contributed by atoms with Crippen LogP contribution in [0.1, 0.15) is 35.2 Å². The highest BCUT2D eigenvalue weighted by atomic mass is 32.1. The number of amides is 1. The van der Waals surface area contributed by atoms with Crippen LogP contribution >= 0.6 is 11.3 Å². The van der Waals surface area contributed by atoms with Gasteiger partial charge >= 0.3 is 0 Å². The van der Waals surface area contributed by atoms with E-state index in [9.17, 15) is 4.79 Å². The molecule has 1 fully saturated rings. The topological polar surface area (TPSA) is 65.9 Å². The fourth-order valence-corrected chi connectivity index (χ4v) is 4.36. The molecule has 136 valence electrons. The second-order valence-corrected chi connectivity index (χ2v) is 7.60. The lowest BCUT2D eigenvalue weighted by atomic mass is 10.0. The normalized spacial score (nSPS) is 18.8. The molecule has 1 aliphatic rings. The second kappa shape index (κ2) is 7.78. The molecular formula is C18H25N3O3S. The quantitative estimate of drug-likeness (QED) is 0.882. The summed E-state index contributed by atoms with van der Waals surface area (Å²) < 4.78 is 6.06. The first kappa shape index (κ1) is 18.3. The molecular weight excluding hydrogens is 338 g/mol. The first-order chi connectivity index (χ1) is 12.0. The van der Waals surface area contributed by atoms with Gasteiger partial charge in [0.2, 0.25) is 0 Å². The molecule has 1 saturated heterocycles. The lowest BCUT2D eigenvalue weighted by Gasteiger charge is -2.36. The van der Waals surface area contributed by atoms with E-state index in [-0.39, 0.29) is 18.6 Å². The van der Waals surface area contributed by atoms with Crippen molar-refractivity contribution in [3.05, 3.63) is 28.8 Å². The van der Waals surface area contributed by atoms with E-state index in [4.69, 9.17) is 9.84 Å². The number of aromatic nitrogens is 1. The maximum absolute atomic E-state index is 12.9. The number of likely N-dealkylation sites (N-methyl/N-ethyl adjacent to an activating group) is 1. The highest BCUT2D eigenvalue weighted by molar-refractivity contribution is 7.20. The Morgan fingerprint density at radius 3 is 3.08 bits per heavy atom. The van der Waals surface area contributed by atoms with Gasteiger partial charge in [-0.25, -0.2) is 4.98 Å². The molecule has 2 aromatic rings. The lowest BCUT2D eigenvalue weighted by molar-refractivity contribution is -0.0396. The highest BCUT2D eigenvalue weighted by Gasteiger charge is 2.31. The number of aliphatic hydroxyl groups excluding tert-OH is 1. The zero-order chi connectivity index (χ0) is 18.0. The molecule has 0 bridgehead atoms. The number of carbonyl (C=O) groups excluding carboxylic acids is 1. The summed E-state index contributed by atoms with van der Waals surface area (Å²) in [6, 6.07) is 4.34. The standard InChI is InChI=1S/C18H25N3O3S/c1-12(2)21-8-10-24-14(11-21)15-13-5-4-6-19-17(13)25-16(15)18(23)20(3)7-9-22/h4-6,12,14,22H,7-11H2,1-3H3/t14-/m0/s1. The number of rotatable bonds is 5. The third-order valence-corrected chi connectivity index (χ3v) is 5.75. The van der Waals surface area contributed by atoms with Crippen molar-refractivity contribution in [1.29, 1.82) is 0 Å². The summed E-state index contributed by atoms with van der Waals surface area (Å²) >= 11 is 1.41. The third kappa shape index (κ3) is 3.69. The van der Waals surface area contributed by atoms with Gasteiger partial charge in [-0.1, -0.05) is 6.07 Å². The first-order valence-corrected chi connectivity index (χ1v) is 9.44.